The fraction of sp³-hybridized carbons (Fsp3) is 0.348. The van der Waals surface area contributed by atoms with Crippen molar-refractivity contribution in [2.24, 2.45) is 0 Å². The Labute approximate surface area is 175 Å². The van der Waals surface area contributed by atoms with Crippen molar-refractivity contribution >= 4 is 34.4 Å². The molecule has 6 heteroatoms. The van der Waals surface area contributed by atoms with Crippen molar-refractivity contribution in [3.8, 4) is 0 Å². The monoisotopic (exact) mass is 406 g/mol. The second-order valence-electron chi connectivity index (χ2n) is 7.45. The molecule has 3 heterocycles. The van der Waals surface area contributed by atoms with Gasteiger partial charge in [0.15, 0.2) is 0 Å². The van der Waals surface area contributed by atoms with Gasteiger partial charge in [0.1, 0.15) is 5.82 Å². The Hall–Kier alpha value is -2.60. The lowest BCUT2D eigenvalue weighted by Crippen LogP contribution is -2.30. The van der Waals surface area contributed by atoms with Crippen LogP contribution in [0.25, 0.3) is 10.9 Å². The van der Waals surface area contributed by atoms with E-state index >= 15 is 0 Å². The van der Waals surface area contributed by atoms with Gasteiger partial charge in [-0.15, -0.1) is 11.8 Å². The van der Waals surface area contributed by atoms with Crippen molar-refractivity contribution in [3.63, 3.8) is 0 Å². The molecule has 0 unspecified atom stereocenters. The van der Waals surface area contributed by atoms with Gasteiger partial charge in [-0.3, -0.25) is 9.78 Å². The van der Waals surface area contributed by atoms with Gasteiger partial charge in [0.2, 0.25) is 0 Å². The van der Waals surface area contributed by atoms with Crippen LogP contribution >= 0.6 is 11.8 Å². The maximum absolute atomic E-state index is 12.6. The number of piperidine rings is 1. The first-order valence-electron chi connectivity index (χ1n) is 10.1. The van der Waals surface area contributed by atoms with Crippen LogP contribution in [0.5, 0.6) is 0 Å². The largest absolute Gasteiger partial charge is 0.357 e. The lowest BCUT2D eigenvalue weighted by atomic mass is 10.1. The van der Waals surface area contributed by atoms with Crippen molar-refractivity contribution in [3.05, 3.63) is 59.4 Å². The molecule has 1 aliphatic heterocycles. The van der Waals surface area contributed by atoms with Crippen LogP contribution in [-0.2, 0) is 6.54 Å². The molecule has 0 atom stereocenters. The zero-order valence-electron chi connectivity index (χ0n) is 16.9. The van der Waals surface area contributed by atoms with Gasteiger partial charge in [0, 0.05) is 35.1 Å². The lowest BCUT2D eigenvalue weighted by Gasteiger charge is -2.27. The number of nitrogens with zero attached hydrogens (tertiary/aromatic N) is 3. The van der Waals surface area contributed by atoms with Crippen LogP contribution in [0.15, 0.2) is 47.5 Å². The third-order valence-electron chi connectivity index (χ3n) is 5.40. The number of carbonyl (C=O) groups excluding carboxylic acids is 1. The van der Waals surface area contributed by atoms with Crippen LogP contribution in [0.3, 0.4) is 0 Å². The van der Waals surface area contributed by atoms with E-state index in [1.165, 1.54) is 24.8 Å². The number of amides is 1. The number of carbonyl (C=O) groups is 1. The van der Waals surface area contributed by atoms with E-state index in [9.17, 15) is 4.79 Å². The summed E-state index contributed by atoms with van der Waals surface area (Å²) in [6, 6.07) is 11.9. The third kappa shape index (κ3) is 4.53. The highest BCUT2D eigenvalue weighted by molar-refractivity contribution is 7.98. The molecule has 4 rings (SSSR count). The summed E-state index contributed by atoms with van der Waals surface area (Å²) in [6.07, 6.45) is 7.61. The van der Waals surface area contributed by atoms with Crippen molar-refractivity contribution in [1.29, 1.82) is 0 Å². The van der Waals surface area contributed by atoms with E-state index in [2.05, 4.69) is 34.3 Å². The minimum Gasteiger partial charge on any atom is -0.357 e. The van der Waals surface area contributed by atoms with Crippen LogP contribution < -0.4 is 10.2 Å². The van der Waals surface area contributed by atoms with Crippen LogP contribution in [0.1, 0.15) is 40.9 Å². The molecule has 29 heavy (non-hydrogen) atoms. The average molecular weight is 407 g/mol. The number of anilines is 1. The van der Waals surface area contributed by atoms with Crippen LogP contribution in [-0.4, -0.2) is 35.2 Å². The number of pyridine rings is 2. The summed E-state index contributed by atoms with van der Waals surface area (Å²) in [4.78, 5) is 25.4. The van der Waals surface area contributed by atoms with Crippen molar-refractivity contribution in [2.45, 2.75) is 37.6 Å². The Morgan fingerprint density at radius 3 is 2.76 bits per heavy atom. The first-order chi connectivity index (χ1) is 14.1. The molecule has 150 valence electrons. The van der Waals surface area contributed by atoms with Gasteiger partial charge in [-0.1, -0.05) is 6.07 Å². The maximum atomic E-state index is 12.6. The molecule has 0 bridgehead atoms. The number of rotatable bonds is 5. The Morgan fingerprint density at radius 1 is 1.14 bits per heavy atom. The molecule has 1 aliphatic rings. The Morgan fingerprint density at radius 2 is 1.97 bits per heavy atom. The Balaban J connectivity index is 1.48. The molecule has 2 aromatic heterocycles. The number of aryl methyl sites for hydroxylation is 1. The second kappa shape index (κ2) is 8.82. The van der Waals surface area contributed by atoms with E-state index < -0.39 is 0 Å². The fourth-order valence-electron chi connectivity index (χ4n) is 3.68. The number of aromatic nitrogens is 2. The molecular formula is C23H26N4OS. The average Bonchev–Trinajstić information content (AvgIpc) is 2.77. The number of hydrogen-bond donors (Lipinski definition) is 1. The van der Waals surface area contributed by atoms with Crippen molar-refractivity contribution in [1.82, 2.24) is 15.3 Å². The minimum absolute atomic E-state index is 0.0859. The molecule has 3 aromatic rings. The molecule has 0 radical (unpaired) electrons. The highest BCUT2D eigenvalue weighted by Gasteiger charge is 2.13. The SMILES string of the molecule is CSc1cc(C(=O)NCc2cc3nc(N4CCCCC4)ccc3cn2)ccc1C. The number of hydrogen-bond acceptors (Lipinski definition) is 5. The number of nitrogens with one attached hydrogen (secondary N) is 1. The highest BCUT2D eigenvalue weighted by atomic mass is 32.2. The molecule has 0 aliphatic carbocycles. The van der Waals surface area contributed by atoms with E-state index in [1.807, 2.05) is 36.7 Å². The van der Waals surface area contributed by atoms with Crippen molar-refractivity contribution < 1.29 is 4.79 Å². The normalized spacial score (nSPS) is 14.2. The summed E-state index contributed by atoms with van der Waals surface area (Å²) in [7, 11) is 0. The predicted molar refractivity (Wildman–Crippen MR) is 120 cm³/mol. The molecule has 0 spiro atoms. The molecule has 1 N–H and O–H groups in total. The summed E-state index contributed by atoms with van der Waals surface area (Å²) >= 11 is 1.65. The van der Waals surface area contributed by atoms with Gasteiger partial charge in [-0.05, 0) is 68.3 Å². The van der Waals surface area contributed by atoms with Gasteiger partial charge in [0.05, 0.1) is 17.8 Å². The summed E-state index contributed by atoms with van der Waals surface area (Å²) < 4.78 is 0. The van der Waals surface area contributed by atoms with Crippen LogP contribution in [0.4, 0.5) is 5.82 Å². The van der Waals surface area contributed by atoms with Crippen LogP contribution in [0, 0.1) is 6.92 Å². The van der Waals surface area contributed by atoms with E-state index in [4.69, 9.17) is 4.98 Å². The molecule has 1 saturated heterocycles. The van der Waals surface area contributed by atoms with E-state index in [0.29, 0.717) is 12.1 Å². The van der Waals surface area contributed by atoms with E-state index in [-0.39, 0.29) is 5.91 Å². The molecule has 0 saturated carbocycles. The fourth-order valence-corrected chi connectivity index (χ4v) is 4.31. The number of benzene rings is 1. The number of thioether (sulfide) groups is 1. The Bertz CT molecular complexity index is 1030. The quantitative estimate of drug-likeness (QED) is 0.629. The summed E-state index contributed by atoms with van der Waals surface area (Å²) in [5.74, 6) is 0.944. The zero-order chi connectivity index (χ0) is 20.2. The minimum atomic E-state index is -0.0859. The molecule has 1 fully saturated rings. The summed E-state index contributed by atoms with van der Waals surface area (Å²) in [5.41, 5.74) is 3.59. The van der Waals surface area contributed by atoms with Gasteiger partial charge in [0.25, 0.3) is 5.91 Å². The van der Waals surface area contributed by atoms with E-state index in [1.54, 1.807) is 11.8 Å². The Kier molecular flexibility index (Phi) is 6.00. The van der Waals surface area contributed by atoms with Crippen LogP contribution in [0.2, 0.25) is 0 Å². The lowest BCUT2D eigenvalue weighted by molar-refractivity contribution is 0.0950. The molecular weight excluding hydrogens is 380 g/mol. The smallest absolute Gasteiger partial charge is 0.251 e. The van der Waals surface area contributed by atoms with Gasteiger partial charge in [-0.25, -0.2) is 4.98 Å². The molecule has 1 aromatic carbocycles. The standard InChI is InChI=1S/C23H26N4OS/c1-16-6-7-17(12-21(16)29-2)23(28)25-15-19-13-20-18(14-24-19)8-9-22(26-20)27-10-4-3-5-11-27/h6-9,12-14H,3-5,10-11,15H2,1-2H3,(H,25,28). The first kappa shape index (κ1) is 19.7. The van der Waals surface area contributed by atoms with E-state index in [0.717, 1.165) is 40.4 Å². The second-order valence-corrected chi connectivity index (χ2v) is 8.30. The zero-order valence-corrected chi connectivity index (χ0v) is 17.8. The number of fused-ring (bicyclic) bond motifs is 1. The summed E-state index contributed by atoms with van der Waals surface area (Å²) in [5, 5.41) is 4.00. The topological polar surface area (TPSA) is 58.1 Å². The molecule has 1 amide bonds. The maximum Gasteiger partial charge on any atom is 0.251 e. The van der Waals surface area contributed by atoms with Gasteiger partial charge < -0.3 is 10.2 Å². The first-order valence-corrected chi connectivity index (χ1v) is 11.3. The molecule has 5 nitrogen and oxygen atoms in total. The van der Waals surface area contributed by atoms with Crippen molar-refractivity contribution in [2.75, 3.05) is 24.2 Å². The predicted octanol–water partition coefficient (Wildman–Crippen LogP) is 4.58. The van der Waals surface area contributed by atoms with Gasteiger partial charge >= 0.3 is 0 Å². The highest BCUT2D eigenvalue weighted by Crippen LogP contribution is 2.22. The third-order valence-corrected chi connectivity index (χ3v) is 6.28. The van der Waals surface area contributed by atoms with Gasteiger partial charge in [-0.2, -0.15) is 0 Å². The summed E-state index contributed by atoms with van der Waals surface area (Å²) in [6.45, 7) is 4.58.